The Morgan fingerprint density at radius 1 is 0.380 bits per heavy atom. The third kappa shape index (κ3) is 62.4. The maximum absolute atomic E-state index is 12.7. The Bertz CT molecular complexity index is 1890. The third-order valence-electron chi connectivity index (χ3n) is 12.1. The fourth-order valence-electron chi connectivity index (χ4n) is 7.65. The second-order valence-electron chi connectivity index (χ2n) is 19.5. The highest BCUT2D eigenvalue weighted by Gasteiger charge is 2.26. The van der Waals surface area contributed by atoms with Crippen LogP contribution >= 0.6 is 7.82 Å². The van der Waals surface area contributed by atoms with E-state index in [9.17, 15) is 19.0 Å². The zero-order chi connectivity index (χ0) is 57.3. The largest absolute Gasteiger partial charge is 0.472 e. The van der Waals surface area contributed by atoms with Gasteiger partial charge in [-0.25, -0.2) is 4.57 Å². The Labute approximate surface area is 482 Å². The molecule has 0 saturated heterocycles. The van der Waals surface area contributed by atoms with Crippen molar-refractivity contribution in [3.8, 4) is 0 Å². The standard InChI is InChI=1S/C69H110NO8P/c1-3-5-7-9-11-13-15-17-19-21-23-25-27-29-31-33-35-37-39-41-43-45-47-49-51-53-55-57-59-61-68(71)75-65-67(66-77-79(73,74)76-64-63-70)78-69(72)62-60-58-56-54-52-50-48-46-44-42-40-38-36-34-32-30-28-26-24-22-20-18-16-14-12-10-8-6-4-2/h5-8,11-14,17-20,23-26,29-32,35-38,42,44,48,50,67H,3-4,9-10,15-16,21-22,27-28,33-34,39-41,43,45-47,49,51-66,70H2,1-2H3,(H,73,74)/b7-5-,8-6-,13-11-,14-12-,19-17-,20-18-,25-23-,26-24-,31-29-,32-30-,37-35-,38-36-,44-42-,50-48-. The first-order chi connectivity index (χ1) is 38.8. The molecule has 3 N–H and O–H groups in total. The van der Waals surface area contributed by atoms with Gasteiger partial charge in [-0.15, -0.1) is 0 Å². The van der Waals surface area contributed by atoms with Gasteiger partial charge < -0.3 is 20.1 Å². The van der Waals surface area contributed by atoms with Crippen molar-refractivity contribution >= 4 is 19.8 Å². The van der Waals surface area contributed by atoms with Crippen LogP contribution in [-0.4, -0.2) is 49.3 Å². The number of phosphoric ester groups is 1. The maximum atomic E-state index is 12.7. The zero-order valence-corrected chi connectivity index (χ0v) is 50.4. The molecule has 0 aromatic heterocycles. The van der Waals surface area contributed by atoms with E-state index < -0.39 is 32.5 Å². The van der Waals surface area contributed by atoms with Crippen molar-refractivity contribution in [2.24, 2.45) is 5.73 Å². The number of hydrogen-bond donors (Lipinski definition) is 2. The van der Waals surface area contributed by atoms with Crippen molar-refractivity contribution < 1.29 is 37.6 Å². The van der Waals surface area contributed by atoms with Gasteiger partial charge in [0.1, 0.15) is 6.61 Å². The molecule has 0 aromatic carbocycles. The fraction of sp³-hybridized carbons (Fsp3) is 0.565. The number of unbranched alkanes of at least 4 members (excludes halogenated alkanes) is 14. The molecule has 0 fully saturated rings. The second-order valence-corrected chi connectivity index (χ2v) is 20.9. The van der Waals surface area contributed by atoms with E-state index in [4.69, 9.17) is 24.3 Å². The molecule has 2 atom stereocenters. The van der Waals surface area contributed by atoms with Gasteiger partial charge in [0.2, 0.25) is 0 Å². The number of carbonyl (C=O) groups excluding carboxylic acids is 2. The van der Waals surface area contributed by atoms with E-state index in [0.717, 1.165) is 141 Å². The van der Waals surface area contributed by atoms with Crippen LogP contribution in [0.1, 0.15) is 219 Å². The summed E-state index contributed by atoms with van der Waals surface area (Å²) in [5.41, 5.74) is 5.39. The lowest BCUT2D eigenvalue weighted by atomic mass is 10.1. The molecule has 0 heterocycles. The number of rotatable bonds is 55. The lowest BCUT2D eigenvalue weighted by molar-refractivity contribution is -0.161. The number of ether oxygens (including phenoxy) is 2. The molecule has 0 amide bonds. The Morgan fingerprint density at radius 3 is 0.975 bits per heavy atom. The van der Waals surface area contributed by atoms with Crippen LogP contribution in [0.3, 0.4) is 0 Å². The molecular formula is C69H110NO8P. The number of phosphoric acid groups is 1. The molecular weight excluding hydrogens is 1000 g/mol. The quantitative estimate of drug-likeness (QED) is 0.0264. The highest BCUT2D eigenvalue weighted by atomic mass is 31.2. The van der Waals surface area contributed by atoms with Crippen molar-refractivity contribution in [3.63, 3.8) is 0 Å². The molecule has 2 unspecified atom stereocenters. The monoisotopic (exact) mass is 1110 g/mol. The minimum atomic E-state index is -4.41. The summed E-state index contributed by atoms with van der Waals surface area (Å²) in [5, 5.41) is 0. The van der Waals surface area contributed by atoms with Crippen LogP contribution < -0.4 is 5.73 Å². The van der Waals surface area contributed by atoms with Crippen molar-refractivity contribution in [1.82, 2.24) is 0 Å². The van der Waals surface area contributed by atoms with Crippen LogP contribution in [0.5, 0.6) is 0 Å². The van der Waals surface area contributed by atoms with Gasteiger partial charge in [-0.2, -0.15) is 0 Å². The van der Waals surface area contributed by atoms with Gasteiger partial charge in [0.15, 0.2) is 6.10 Å². The third-order valence-corrected chi connectivity index (χ3v) is 13.1. The van der Waals surface area contributed by atoms with Crippen LogP contribution in [0.15, 0.2) is 170 Å². The van der Waals surface area contributed by atoms with Crippen molar-refractivity contribution in [2.45, 2.75) is 225 Å². The lowest BCUT2D eigenvalue weighted by Gasteiger charge is -2.19. The summed E-state index contributed by atoms with van der Waals surface area (Å²) < 4.78 is 33.0. The van der Waals surface area contributed by atoms with Gasteiger partial charge >= 0.3 is 19.8 Å². The van der Waals surface area contributed by atoms with E-state index in [1.54, 1.807) is 0 Å². The minimum Gasteiger partial charge on any atom is -0.462 e. The first kappa shape index (κ1) is 74.4. The van der Waals surface area contributed by atoms with Gasteiger partial charge in [0, 0.05) is 19.4 Å². The molecule has 0 aliphatic carbocycles. The molecule has 0 radical (unpaired) electrons. The van der Waals surface area contributed by atoms with Crippen LogP contribution in [0.25, 0.3) is 0 Å². The fourth-order valence-corrected chi connectivity index (χ4v) is 8.42. The predicted octanol–water partition coefficient (Wildman–Crippen LogP) is 19.8. The van der Waals surface area contributed by atoms with Crippen molar-refractivity contribution in [3.05, 3.63) is 170 Å². The first-order valence-corrected chi connectivity index (χ1v) is 32.1. The van der Waals surface area contributed by atoms with Crippen LogP contribution in [0.2, 0.25) is 0 Å². The Kier molecular flexibility index (Phi) is 58.9. The number of nitrogens with two attached hydrogens (primary N) is 1. The molecule has 10 heteroatoms. The van der Waals surface area contributed by atoms with Crippen molar-refractivity contribution in [2.75, 3.05) is 26.4 Å². The van der Waals surface area contributed by atoms with Crippen LogP contribution in [0, 0.1) is 0 Å². The molecule has 0 spiro atoms. The van der Waals surface area contributed by atoms with E-state index in [-0.39, 0.29) is 32.6 Å². The smallest absolute Gasteiger partial charge is 0.462 e. The summed E-state index contributed by atoms with van der Waals surface area (Å²) in [4.78, 5) is 35.3. The second kappa shape index (κ2) is 62.6. The summed E-state index contributed by atoms with van der Waals surface area (Å²) in [5.74, 6) is -0.875. The molecule has 9 nitrogen and oxygen atoms in total. The molecule has 79 heavy (non-hydrogen) atoms. The number of esters is 2. The van der Waals surface area contributed by atoms with Crippen molar-refractivity contribution in [1.29, 1.82) is 0 Å². The average molecular weight is 1110 g/mol. The zero-order valence-electron chi connectivity index (χ0n) is 49.5. The summed E-state index contributed by atoms with van der Waals surface area (Å²) in [6.07, 6.45) is 92.6. The molecule has 0 aromatic rings. The molecule has 0 rings (SSSR count). The predicted molar refractivity (Wildman–Crippen MR) is 339 cm³/mol. The van der Waals surface area contributed by atoms with Gasteiger partial charge in [0.05, 0.1) is 13.2 Å². The van der Waals surface area contributed by atoms with Crippen LogP contribution in [-0.2, 0) is 32.7 Å². The minimum absolute atomic E-state index is 0.0384. The summed E-state index contributed by atoms with van der Waals surface area (Å²) in [6, 6.07) is 0. The number of carbonyl (C=O) groups is 2. The number of allylic oxidation sites excluding steroid dienone is 28. The van der Waals surface area contributed by atoms with E-state index in [2.05, 4.69) is 184 Å². The molecule has 0 aliphatic heterocycles. The maximum Gasteiger partial charge on any atom is 0.472 e. The Balaban J connectivity index is 4.09. The van der Waals surface area contributed by atoms with Gasteiger partial charge in [-0.05, 0) is 128 Å². The molecule has 0 bridgehead atoms. The van der Waals surface area contributed by atoms with E-state index in [0.29, 0.717) is 12.8 Å². The Morgan fingerprint density at radius 2 is 0.658 bits per heavy atom. The summed E-state index contributed by atoms with van der Waals surface area (Å²) >= 11 is 0. The molecule has 0 aliphatic rings. The normalized spacial score (nSPS) is 14.2. The van der Waals surface area contributed by atoms with Gasteiger partial charge in [-0.1, -0.05) is 248 Å². The van der Waals surface area contributed by atoms with E-state index in [1.165, 1.54) is 38.5 Å². The van der Waals surface area contributed by atoms with Crippen LogP contribution in [0.4, 0.5) is 0 Å². The SMILES string of the molecule is CC/C=C\C/C=C\C/C=C\C/C=C\C/C=C\C/C=C\C/C=C\C/C=C\CCCCCCC(=O)OC(COC(=O)CCCCCCCCCCCC/C=C\C/C=C\C/C=C\C/C=C\C/C=C\C/C=C\CC)COP(=O)(O)OCCN. The Hall–Kier alpha value is -4.63. The summed E-state index contributed by atoms with van der Waals surface area (Å²) in [6.45, 7) is 3.46. The average Bonchev–Trinajstić information content (AvgIpc) is 3.44. The molecule has 444 valence electrons. The lowest BCUT2D eigenvalue weighted by Crippen LogP contribution is -2.29. The topological polar surface area (TPSA) is 134 Å². The van der Waals surface area contributed by atoms with Gasteiger partial charge in [0.25, 0.3) is 0 Å². The molecule has 0 saturated carbocycles. The first-order valence-electron chi connectivity index (χ1n) is 30.6. The van der Waals surface area contributed by atoms with E-state index >= 15 is 0 Å². The highest BCUT2D eigenvalue weighted by Crippen LogP contribution is 2.43. The van der Waals surface area contributed by atoms with E-state index in [1.807, 2.05) is 0 Å². The number of hydrogen-bond acceptors (Lipinski definition) is 8. The van der Waals surface area contributed by atoms with Gasteiger partial charge in [-0.3, -0.25) is 18.6 Å². The highest BCUT2D eigenvalue weighted by molar-refractivity contribution is 7.47. The summed E-state index contributed by atoms with van der Waals surface area (Å²) in [7, 11) is -4.41.